The van der Waals surface area contributed by atoms with Gasteiger partial charge in [-0.2, -0.15) is 15.7 Å². The normalized spacial score (nSPS) is 7.83. The fourth-order valence-corrected chi connectivity index (χ4v) is 0.449. The maximum Gasteiger partial charge on any atom is 0.267 e. The van der Waals surface area contributed by atoms with Crippen molar-refractivity contribution in [3.63, 3.8) is 0 Å². The molecule has 7 nitrogen and oxygen atoms in total. The van der Waals surface area contributed by atoms with E-state index in [1.807, 2.05) is 0 Å². The molecule has 0 aliphatic heterocycles. The van der Waals surface area contributed by atoms with Crippen molar-refractivity contribution >= 4 is 5.95 Å². The quantitative estimate of drug-likeness (QED) is 0.567. The summed E-state index contributed by atoms with van der Waals surface area (Å²) in [6.45, 7) is 0. The molecule has 58 valence electrons. The van der Waals surface area contributed by atoms with Crippen LogP contribution < -0.4 is 5.32 Å². The molecule has 1 aromatic heterocycles. The highest BCUT2D eigenvalue weighted by atomic mass is 15.5. The Bertz CT molecular complexity index is 332. The molecule has 0 atom stereocenters. The monoisotopic (exact) mass is 161 g/mol. The molecule has 0 saturated heterocycles. The summed E-state index contributed by atoms with van der Waals surface area (Å²) in [5.41, 5.74) is -0.0557. The first-order chi connectivity index (χ1) is 5.86. The van der Waals surface area contributed by atoms with Gasteiger partial charge in [-0.25, -0.2) is 0 Å². The standard InChI is InChI=1S/C5H3N7/c6-1-4(2-7)3-8-5-9-11-12-10-5/h3H,(H2,8,9,10,11,12). The average Bonchev–Trinajstić information content (AvgIpc) is 2.59. The third-order valence-corrected chi connectivity index (χ3v) is 0.932. The Labute approximate surface area is 67.3 Å². The number of rotatable bonds is 2. The van der Waals surface area contributed by atoms with Crippen LogP contribution in [0.15, 0.2) is 11.8 Å². The Morgan fingerprint density at radius 2 is 2.25 bits per heavy atom. The number of H-pyrrole nitrogens is 1. The van der Waals surface area contributed by atoms with Gasteiger partial charge in [0, 0.05) is 6.20 Å². The Hall–Kier alpha value is -2.41. The zero-order valence-corrected chi connectivity index (χ0v) is 5.81. The molecular weight excluding hydrogens is 158 g/mol. The van der Waals surface area contributed by atoms with Gasteiger partial charge in [0.2, 0.25) is 0 Å². The molecule has 1 heterocycles. The third-order valence-electron chi connectivity index (χ3n) is 0.932. The van der Waals surface area contributed by atoms with Crippen LogP contribution in [0.4, 0.5) is 5.95 Å². The van der Waals surface area contributed by atoms with Crippen LogP contribution in [-0.2, 0) is 0 Å². The lowest BCUT2D eigenvalue weighted by Gasteiger charge is -1.87. The van der Waals surface area contributed by atoms with E-state index in [1.165, 1.54) is 6.20 Å². The molecule has 0 bridgehead atoms. The van der Waals surface area contributed by atoms with Crippen LogP contribution in [0.3, 0.4) is 0 Å². The zero-order chi connectivity index (χ0) is 8.81. The minimum atomic E-state index is -0.0557. The second-order valence-corrected chi connectivity index (χ2v) is 1.66. The minimum absolute atomic E-state index is 0.0557. The van der Waals surface area contributed by atoms with Crippen LogP contribution in [0.1, 0.15) is 0 Å². The van der Waals surface area contributed by atoms with E-state index in [0.29, 0.717) is 0 Å². The first-order valence-corrected chi connectivity index (χ1v) is 2.87. The summed E-state index contributed by atoms with van der Waals surface area (Å²) in [6.07, 6.45) is 1.20. The second-order valence-electron chi connectivity index (χ2n) is 1.66. The number of aromatic nitrogens is 4. The highest BCUT2D eigenvalue weighted by Crippen LogP contribution is 1.93. The van der Waals surface area contributed by atoms with Gasteiger partial charge in [0.25, 0.3) is 5.95 Å². The lowest BCUT2D eigenvalue weighted by molar-refractivity contribution is 0.881. The summed E-state index contributed by atoms with van der Waals surface area (Å²) in [5, 5.41) is 31.7. The van der Waals surface area contributed by atoms with Crippen molar-refractivity contribution in [2.24, 2.45) is 0 Å². The van der Waals surface area contributed by atoms with Crippen molar-refractivity contribution in [3.8, 4) is 12.1 Å². The third kappa shape index (κ3) is 1.78. The van der Waals surface area contributed by atoms with Crippen molar-refractivity contribution in [2.45, 2.75) is 0 Å². The fourth-order valence-electron chi connectivity index (χ4n) is 0.449. The molecule has 1 rings (SSSR count). The molecule has 0 aromatic carbocycles. The Morgan fingerprint density at radius 1 is 1.50 bits per heavy atom. The maximum atomic E-state index is 8.31. The second kappa shape index (κ2) is 3.68. The number of nitriles is 2. The van der Waals surface area contributed by atoms with E-state index < -0.39 is 0 Å². The number of nitrogens with zero attached hydrogens (tertiary/aromatic N) is 5. The lowest BCUT2D eigenvalue weighted by atomic mass is 10.4. The molecule has 0 radical (unpaired) electrons. The van der Waals surface area contributed by atoms with E-state index in [-0.39, 0.29) is 11.5 Å². The largest absolute Gasteiger partial charge is 0.326 e. The Balaban J connectivity index is 2.63. The van der Waals surface area contributed by atoms with Crippen molar-refractivity contribution in [1.82, 2.24) is 20.6 Å². The number of aromatic amines is 1. The number of hydrogen-bond acceptors (Lipinski definition) is 6. The molecule has 0 unspecified atom stereocenters. The lowest BCUT2D eigenvalue weighted by Crippen LogP contribution is -1.91. The van der Waals surface area contributed by atoms with Crippen LogP contribution in [0, 0.1) is 22.7 Å². The summed E-state index contributed by atoms with van der Waals surface area (Å²) in [4.78, 5) is 0. The summed E-state index contributed by atoms with van der Waals surface area (Å²) < 4.78 is 0. The molecule has 0 fully saturated rings. The van der Waals surface area contributed by atoms with Gasteiger partial charge in [-0.05, 0) is 5.21 Å². The SMILES string of the molecule is N#CC(C#N)=CNc1nn[nH]n1. The van der Waals surface area contributed by atoms with Gasteiger partial charge in [0.15, 0.2) is 0 Å². The van der Waals surface area contributed by atoms with Gasteiger partial charge in [0.1, 0.15) is 17.7 Å². The number of hydrogen-bond donors (Lipinski definition) is 2. The van der Waals surface area contributed by atoms with E-state index in [1.54, 1.807) is 12.1 Å². The van der Waals surface area contributed by atoms with Gasteiger partial charge in [0.05, 0.1) is 0 Å². The van der Waals surface area contributed by atoms with Crippen LogP contribution in [0.5, 0.6) is 0 Å². The zero-order valence-electron chi connectivity index (χ0n) is 5.81. The molecule has 0 spiro atoms. The van der Waals surface area contributed by atoms with Crippen LogP contribution >= 0.6 is 0 Å². The Morgan fingerprint density at radius 3 is 2.75 bits per heavy atom. The van der Waals surface area contributed by atoms with E-state index in [0.717, 1.165) is 0 Å². The molecule has 0 aliphatic carbocycles. The van der Waals surface area contributed by atoms with Crippen molar-refractivity contribution in [3.05, 3.63) is 11.8 Å². The molecule has 0 saturated carbocycles. The van der Waals surface area contributed by atoms with Gasteiger partial charge in [-0.3, -0.25) is 0 Å². The fraction of sp³-hybridized carbons (Fsp3) is 0. The van der Waals surface area contributed by atoms with Gasteiger partial charge in [-0.15, -0.1) is 5.10 Å². The first kappa shape index (κ1) is 7.69. The van der Waals surface area contributed by atoms with Crippen LogP contribution in [0.25, 0.3) is 0 Å². The minimum Gasteiger partial charge on any atom is -0.326 e. The summed E-state index contributed by atoms with van der Waals surface area (Å²) in [7, 11) is 0. The van der Waals surface area contributed by atoms with Crippen molar-refractivity contribution in [2.75, 3.05) is 5.32 Å². The van der Waals surface area contributed by atoms with Crippen LogP contribution in [-0.4, -0.2) is 20.6 Å². The summed E-state index contributed by atoms with van der Waals surface area (Å²) in [6, 6.07) is 3.33. The van der Waals surface area contributed by atoms with Crippen LogP contribution in [0.2, 0.25) is 0 Å². The highest BCUT2D eigenvalue weighted by molar-refractivity contribution is 5.40. The predicted octanol–water partition coefficient (Wildman–Crippen LogP) is -0.457. The molecule has 0 amide bonds. The molecule has 7 heteroatoms. The number of nitrogens with one attached hydrogen (secondary N) is 2. The smallest absolute Gasteiger partial charge is 0.267 e. The van der Waals surface area contributed by atoms with E-state index in [4.69, 9.17) is 10.5 Å². The number of tetrazole rings is 1. The molecule has 1 aromatic rings. The van der Waals surface area contributed by atoms with E-state index >= 15 is 0 Å². The highest BCUT2D eigenvalue weighted by Gasteiger charge is 1.94. The molecular formula is C5H3N7. The number of anilines is 1. The summed E-state index contributed by atoms with van der Waals surface area (Å²) >= 11 is 0. The average molecular weight is 161 g/mol. The molecule has 12 heavy (non-hydrogen) atoms. The summed E-state index contributed by atoms with van der Waals surface area (Å²) in [5.74, 6) is 0.206. The van der Waals surface area contributed by atoms with Crippen molar-refractivity contribution in [1.29, 1.82) is 10.5 Å². The Kier molecular flexibility index (Phi) is 2.36. The molecule has 0 aliphatic rings. The maximum absolute atomic E-state index is 8.31. The topological polar surface area (TPSA) is 114 Å². The van der Waals surface area contributed by atoms with Gasteiger partial charge >= 0.3 is 0 Å². The number of allylic oxidation sites excluding steroid dienone is 1. The molecule has 2 N–H and O–H groups in total. The van der Waals surface area contributed by atoms with E-state index in [2.05, 4.69) is 25.9 Å². The predicted molar refractivity (Wildman–Crippen MR) is 37.1 cm³/mol. The van der Waals surface area contributed by atoms with Crippen molar-refractivity contribution < 1.29 is 0 Å². The van der Waals surface area contributed by atoms with Gasteiger partial charge < -0.3 is 5.32 Å². The first-order valence-electron chi connectivity index (χ1n) is 2.87. The van der Waals surface area contributed by atoms with Gasteiger partial charge in [-0.1, -0.05) is 5.10 Å². The van der Waals surface area contributed by atoms with E-state index in [9.17, 15) is 0 Å².